The van der Waals surface area contributed by atoms with Gasteiger partial charge in [0.2, 0.25) is 11.7 Å². The smallest absolute Gasteiger partial charge is 0.238 e. The first-order valence-corrected chi connectivity index (χ1v) is 10.00. The van der Waals surface area contributed by atoms with Gasteiger partial charge in [0.05, 0.1) is 12.0 Å². The fraction of sp³-hybridized carbons (Fsp3) is 0.158. The summed E-state index contributed by atoms with van der Waals surface area (Å²) in [4.78, 5) is 4.33. The van der Waals surface area contributed by atoms with Crippen molar-refractivity contribution in [1.82, 2.24) is 24.9 Å². The molecule has 0 radical (unpaired) electrons. The Morgan fingerprint density at radius 1 is 1.21 bits per heavy atom. The monoisotopic (exact) mass is 429 g/mol. The summed E-state index contributed by atoms with van der Waals surface area (Å²) in [5, 5.41) is 13.8. The highest BCUT2D eigenvalue weighted by Crippen LogP contribution is 2.24. The summed E-state index contributed by atoms with van der Waals surface area (Å²) >= 11 is 7.33. The number of hydrogen-bond donors (Lipinski definition) is 0. The van der Waals surface area contributed by atoms with Crippen molar-refractivity contribution in [3.05, 3.63) is 72.1 Å². The van der Waals surface area contributed by atoms with Gasteiger partial charge < -0.3 is 13.7 Å². The van der Waals surface area contributed by atoms with Crippen molar-refractivity contribution in [3.8, 4) is 17.3 Å². The minimum atomic E-state index is 0.270. The van der Waals surface area contributed by atoms with Crippen LogP contribution in [-0.2, 0) is 18.9 Å². The molecule has 3 aromatic heterocycles. The number of nitrogens with zero attached hydrogens (tertiary/aromatic N) is 5. The van der Waals surface area contributed by atoms with E-state index in [1.54, 1.807) is 48.7 Å². The van der Waals surface area contributed by atoms with Crippen LogP contribution in [0.1, 0.15) is 11.7 Å². The second-order valence-electron chi connectivity index (χ2n) is 5.82. The van der Waals surface area contributed by atoms with Crippen LogP contribution in [0, 0.1) is 0 Å². The molecule has 0 amide bonds. The molecule has 0 aliphatic heterocycles. The highest BCUT2D eigenvalue weighted by Gasteiger charge is 2.16. The van der Waals surface area contributed by atoms with E-state index in [1.165, 1.54) is 11.8 Å². The third kappa shape index (κ3) is 4.69. The van der Waals surface area contributed by atoms with Crippen LogP contribution in [0.15, 0.2) is 69.4 Å². The van der Waals surface area contributed by atoms with Gasteiger partial charge in [0.1, 0.15) is 12.4 Å². The third-order valence-corrected chi connectivity index (χ3v) is 5.02. The van der Waals surface area contributed by atoms with Crippen LogP contribution in [0.3, 0.4) is 0 Å². The van der Waals surface area contributed by atoms with E-state index in [-0.39, 0.29) is 6.61 Å². The zero-order valence-electron chi connectivity index (χ0n) is 15.2. The lowest BCUT2D eigenvalue weighted by atomic mass is 10.3. The van der Waals surface area contributed by atoms with Crippen LogP contribution in [0.25, 0.3) is 11.6 Å². The predicted molar refractivity (Wildman–Crippen MR) is 108 cm³/mol. The molecule has 8 nitrogen and oxygen atoms in total. The molecule has 0 saturated heterocycles. The maximum Gasteiger partial charge on any atom is 0.238 e. The molecule has 0 aliphatic rings. The van der Waals surface area contributed by atoms with Crippen molar-refractivity contribution in [1.29, 1.82) is 0 Å². The number of ether oxygens (including phenoxy) is 1. The summed E-state index contributed by atoms with van der Waals surface area (Å²) in [6.45, 7) is 4.63. The lowest BCUT2D eigenvalue weighted by Gasteiger charge is -2.08. The van der Waals surface area contributed by atoms with E-state index in [9.17, 15) is 0 Å². The molecular weight excluding hydrogens is 414 g/mol. The van der Waals surface area contributed by atoms with Gasteiger partial charge in [-0.25, -0.2) is 0 Å². The number of aromatic nitrogens is 5. The minimum Gasteiger partial charge on any atom is -0.486 e. The van der Waals surface area contributed by atoms with Crippen LogP contribution in [-0.4, -0.2) is 24.9 Å². The minimum absolute atomic E-state index is 0.270. The number of rotatable bonds is 9. The second kappa shape index (κ2) is 8.97. The van der Waals surface area contributed by atoms with Crippen molar-refractivity contribution in [2.75, 3.05) is 0 Å². The number of furan rings is 1. The van der Waals surface area contributed by atoms with Gasteiger partial charge in [-0.15, -0.1) is 16.8 Å². The Kier molecular flexibility index (Phi) is 5.97. The molecule has 0 fully saturated rings. The van der Waals surface area contributed by atoms with E-state index >= 15 is 0 Å². The summed E-state index contributed by atoms with van der Waals surface area (Å²) in [5.41, 5.74) is 0. The molecule has 29 heavy (non-hydrogen) atoms. The molecule has 4 rings (SSSR count). The van der Waals surface area contributed by atoms with Crippen molar-refractivity contribution < 1.29 is 13.7 Å². The first-order valence-electron chi connectivity index (χ1n) is 8.63. The van der Waals surface area contributed by atoms with E-state index < -0.39 is 0 Å². The van der Waals surface area contributed by atoms with Gasteiger partial charge in [-0.05, 0) is 36.4 Å². The topological polar surface area (TPSA) is 92.0 Å². The maximum atomic E-state index is 5.90. The predicted octanol–water partition coefficient (Wildman–Crippen LogP) is 4.63. The zero-order chi connectivity index (χ0) is 20.1. The Bertz CT molecular complexity index is 1080. The van der Waals surface area contributed by atoms with Gasteiger partial charge in [-0.1, -0.05) is 34.6 Å². The Hall–Kier alpha value is -3.04. The van der Waals surface area contributed by atoms with E-state index in [1.807, 2.05) is 4.57 Å². The van der Waals surface area contributed by atoms with Crippen molar-refractivity contribution in [2.24, 2.45) is 0 Å². The van der Waals surface area contributed by atoms with Gasteiger partial charge >= 0.3 is 0 Å². The highest BCUT2D eigenvalue weighted by atomic mass is 35.5. The van der Waals surface area contributed by atoms with E-state index in [0.29, 0.717) is 51.5 Å². The Labute approximate surface area is 175 Å². The quantitative estimate of drug-likeness (QED) is 0.281. The molecule has 0 aliphatic carbocycles. The molecule has 1 aromatic carbocycles. The first-order chi connectivity index (χ1) is 14.2. The summed E-state index contributed by atoms with van der Waals surface area (Å²) < 4.78 is 18.3. The largest absolute Gasteiger partial charge is 0.486 e. The molecule has 0 unspecified atom stereocenters. The van der Waals surface area contributed by atoms with Crippen LogP contribution in [0.4, 0.5) is 0 Å². The molecule has 4 aromatic rings. The summed E-state index contributed by atoms with van der Waals surface area (Å²) in [6.07, 6.45) is 3.34. The standard InChI is InChI=1S/C19H16ClN5O3S/c1-2-9-25-16(11-27-14-7-5-13(20)6-8-14)22-23-19(25)29-12-17-21-18(24-28-17)15-4-3-10-26-15/h2-8,10H,1,9,11-12H2. The number of benzene rings is 1. The normalized spacial score (nSPS) is 10.9. The number of allylic oxidation sites excluding steroid dienone is 1. The highest BCUT2D eigenvalue weighted by molar-refractivity contribution is 7.98. The molecular formula is C19H16ClN5O3S. The molecule has 3 heterocycles. The van der Waals surface area contributed by atoms with Crippen LogP contribution < -0.4 is 4.74 Å². The lowest BCUT2D eigenvalue weighted by Crippen LogP contribution is -2.07. The fourth-order valence-corrected chi connectivity index (χ4v) is 3.40. The van der Waals surface area contributed by atoms with E-state index in [2.05, 4.69) is 26.9 Å². The van der Waals surface area contributed by atoms with Crippen LogP contribution >= 0.6 is 23.4 Å². The average molecular weight is 430 g/mol. The van der Waals surface area contributed by atoms with E-state index in [4.69, 9.17) is 25.3 Å². The molecule has 0 bridgehead atoms. The second-order valence-corrected chi connectivity index (χ2v) is 7.20. The molecule has 10 heteroatoms. The van der Waals surface area contributed by atoms with Gasteiger partial charge in [-0.3, -0.25) is 4.57 Å². The SMILES string of the molecule is C=CCn1c(COc2ccc(Cl)cc2)nnc1SCc1nc(-c2ccco2)no1. The summed E-state index contributed by atoms with van der Waals surface area (Å²) in [5.74, 6) is 3.27. The number of hydrogen-bond acceptors (Lipinski definition) is 8. The Morgan fingerprint density at radius 2 is 2.07 bits per heavy atom. The zero-order valence-corrected chi connectivity index (χ0v) is 16.8. The molecule has 0 atom stereocenters. The Balaban J connectivity index is 1.42. The van der Waals surface area contributed by atoms with Gasteiger partial charge in [0.15, 0.2) is 16.7 Å². The van der Waals surface area contributed by atoms with E-state index in [0.717, 1.165) is 0 Å². The fourth-order valence-electron chi connectivity index (χ4n) is 2.47. The van der Waals surface area contributed by atoms with Crippen LogP contribution in [0.5, 0.6) is 5.75 Å². The first kappa shape index (κ1) is 19.3. The van der Waals surface area contributed by atoms with Gasteiger partial charge in [0, 0.05) is 11.6 Å². The summed E-state index contributed by atoms with van der Waals surface area (Å²) in [7, 11) is 0. The molecule has 0 N–H and O–H groups in total. The van der Waals surface area contributed by atoms with Gasteiger partial charge in [0.25, 0.3) is 0 Å². The average Bonchev–Trinajstić information content (AvgIpc) is 3.48. The van der Waals surface area contributed by atoms with Gasteiger partial charge in [-0.2, -0.15) is 4.98 Å². The number of halogens is 1. The lowest BCUT2D eigenvalue weighted by molar-refractivity contribution is 0.289. The molecule has 0 saturated carbocycles. The third-order valence-electron chi connectivity index (χ3n) is 3.82. The van der Waals surface area contributed by atoms with Crippen molar-refractivity contribution in [2.45, 2.75) is 24.1 Å². The Morgan fingerprint density at radius 3 is 2.83 bits per heavy atom. The van der Waals surface area contributed by atoms with Crippen molar-refractivity contribution in [3.63, 3.8) is 0 Å². The molecule has 0 spiro atoms. The summed E-state index contributed by atoms with van der Waals surface area (Å²) in [6, 6.07) is 10.7. The van der Waals surface area contributed by atoms with Crippen molar-refractivity contribution >= 4 is 23.4 Å². The number of thioether (sulfide) groups is 1. The molecule has 148 valence electrons. The maximum absolute atomic E-state index is 5.90. The van der Waals surface area contributed by atoms with Crippen LogP contribution in [0.2, 0.25) is 5.02 Å².